The van der Waals surface area contributed by atoms with Gasteiger partial charge in [-0.3, -0.25) is 0 Å². The van der Waals surface area contributed by atoms with Gasteiger partial charge in [-0.25, -0.2) is 0 Å². The number of nitrogens with zero attached hydrogens (tertiary/aromatic N) is 1. The van der Waals surface area contributed by atoms with Crippen LogP contribution < -0.4 is 4.74 Å². The molecule has 2 aromatic carbocycles. The summed E-state index contributed by atoms with van der Waals surface area (Å²) in [6, 6.07) is 15.4. The minimum absolute atomic E-state index is 0.302. The van der Waals surface area contributed by atoms with Gasteiger partial charge in [0.05, 0.1) is 7.11 Å². The lowest BCUT2D eigenvalue weighted by Crippen LogP contribution is -1.97. The summed E-state index contributed by atoms with van der Waals surface area (Å²) in [5.74, 6) is 1.17. The number of aromatic hydroxyl groups is 1. The highest BCUT2D eigenvalue weighted by atomic mass is 16.5. The Kier molecular flexibility index (Phi) is 2.88. The average molecular weight is 253 g/mol. The van der Waals surface area contributed by atoms with Crippen molar-refractivity contribution in [2.24, 2.45) is 0 Å². The Bertz CT molecular complexity index is 716. The second-order valence-electron chi connectivity index (χ2n) is 4.54. The van der Waals surface area contributed by atoms with Gasteiger partial charge in [0.25, 0.3) is 0 Å². The average Bonchev–Trinajstić information content (AvgIpc) is 2.81. The molecule has 1 aromatic heterocycles. The summed E-state index contributed by atoms with van der Waals surface area (Å²) >= 11 is 0. The lowest BCUT2D eigenvalue weighted by molar-refractivity contribution is 0.415. The molecule has 1 heterocycles. The monoisotopic (exact) mass is 253 g/mol. The van der Waals surface area contributed by atoms with Gasteiger partial charge in [-0.2, -0.15) is 0 Å². The number of fused-ring (bicyclic) bond motifs is 1. The van der Waals surface area contributed by atoms with Gasteiger partial charge in [0.15, 0.2) is 0 Å². The zero-order valence-electron chi connectivity index (χ0n) is 10.7. The van der Waals surface area contributed by atoms with Crippen molar-refractivity contribution in [3.63, 3.8) is 0 Å². The summed E-state index contributed by atoms with van der Waals surface area (Å²) in [6.07, 6.45) is 2.05. The van der Waals surface area contributed by atoms with Crippen LogP contribution in [0.4, 0.5) is 0 Å². The normalized spacial score (nSPS) is 10.8. The Hall–Kier alpha value is -2.42. The van der Waals surface area contributed by atoms with Crippen LogP contribution >= 0.6 is 0 Å². The summed E-state index contributed by atoms with van der Waals surface area (Å²) in [5, 5.41) is 10.6. The molecule has 0 aliphatic carbocycles. The molecule has 0 saturated carbocycles. The van der Waals surface area contributed by atoms with E-state index in [2.05, 4.69) is 16.7 Å². The molecule has 3 nitrogen and oxygen atoms in total. The number of ether oxygens (including phenoxy) is 1. The highest BCUT2D eigenvalue weighted by Gasteiger charge is 2.03. The van der Waals surface area contributed by atoms with Crippen LogP contribution in [0.25, 0.3) is 10.9 Å². The SMILES string of the molecule is COc1ccc2c(ccn2Cc2cccc(O)c2)c1. The number of phenols is 1. The van der Waals surface area contributed by atoms with Crippen LogP contribution in [0.3, 0.4) is 0 Å². The second-order valence-corrected chi connectivity index (χ2v) is 4.54. The molecular weight excluding hydrogens is 238 g/mol. The Morgan fingerprint density at radius 2 is 2.00 bits per heavy atom. The van der Waals surface area contributed by atoms with Gasteiger partial charge in [-0.1, -0.05) is 12.1 Å². The fourth-order valence-corrected chi connectivity index (χ4v) is 2.29. The highest BCUT2D eigenvalue weighted by molar-refractivity contribution is 5.81. The molecule has 19 heavy (non-hydrogen) atoms. The van der Waals surface area contributed by atoms with Gasteiger partial charge in [0.2, 0.25) is 0 Å². The second kappa shape index (κ2) is 4.69. The summed E-state index contributed by atoms with van der Waals surface area (Å²) in [5.41, 5.74) is 2.23. The maximum absolute atomic E-state index is 9.50. The van der Waals surface area contributed by atoms with E-state index in [1.165, 1.54) is 0 Å². The van der Waals surface area contributed by atoms with Gasteiger partial charge < -0.3 is 14.4 Å². The first kappa shape index (κ1) is 11.7. The predicted octanol–water partition coefficient (Wildman–Crippen LogP) is 3.40. The molecule has 0 radical (unpaired) electrons. The van der Waals surface area contributed by atoms with Crippen LogP contribution in [0, 0.1) is 0 Å². The minimum Gasteiger partial charge on any atom is -0.508 e. The van der Waals surface area contributed by atoms with E-state index < -0.39 is 0 Å². The topological polar surface area (TPSA) is 34.4 Å². The third-order valence-corrected chi connectivity index (χ3v) is 3.24. The molecule has 0 aliphatic heterocycles. The van der Waals surface area contributed by atoms with Crippen molar-refractivity contribution in [1.82, 2.24) is 4.57 Å². The number of methoxy groups -OCH3 is 1. The molecule has 0 unspecified atom stereocenters. The van der Waals surface area contributed by atoms with Gasteiger partial charge in [-0.15, -0.1) is 0 Å². The van der Waals surface area contributed by atoms with E-state index >= 15 is 0 Å². The first-order valence-corrected chi connectivity index (χ1v) is 6.17. The molecule has 96 valence electrons. The Morgan fingerprint density at radius 3 is 2.79 bits per heavy atom. The van der Waals surface area contributed by atoms with Gasteiger partial charge in [0.1, 0.15) is 11.5 Å². The summed E-state index contributed by atoms with van der Waals surface area (Å²) in [6.45, 7) is 0.740. The molecule has 3 heteroatoms. The van der Waals surface area contributed by atoms with E-state index in [1.54, 1.807) is 19.2 Å². The maximum atomic E-state index is 9.50. The van der Waals surface area contributed by atoms with Crippen molar-refractivity contribution < 1.29 is 9.84 Å². The van der Waals surface area contributed by atoms with Crippen LogP contribution in [-0.2, 0) is 6.54 Å². The number of rotatable bonds is 3. The third kappa shape index (κ3) is 2.27. The highest BCUT2D eigenvalue weighted by Crippen LogP contribution is 2.23. The van der Waals surface area contributed by atoms with E-state index in [0.717, 1.165) is 28.8 Å². The quantitative estimate of drug-likeness (QED) is 0.776. The number of hydrogen-bond acceptors (Lipinski definition) is 2. The van der Waals surface area contributed by atoms with Crippen molar-refractivity contribution in [2.45, 2.75) is 6.54 Å². The summed E-state index contributed by atoms with van der Waals surface area (Å²) in [7, 11) is 1.67. The van der Waals surface area contributed by atoms with E-state index in [0.29, 0.717) is 5.75 Å². The zero-order chi connectivity index (χ0) is 13.2. The summed E-state index contributed by atoms with van der Waals surface area (Å²) < 4.78 is 7.38. The molecule has 0 amide bonds. The molecule has 0 atom stereocenters. The van der Waals surface area contributed by atoms with Crippen molar-refractivity contribution in [2.75, 3.05) is 7.11 Å². The van der Waals surface area contributed by atoms with Crippen molar-refractivity contribution in [3.05, 3.63) is 60.3 Å². The lowest BCUT2D eigenvalue weighted by atomic mass is 10.2. The number of phenolic OH excluding ortho intramolecular Hbond substituents is 1. The van der Waals surface area contributed by atoms with Crippen LogP contribution in [0.5, 0.6) is 11.5 Å². The van der Waals surface area contributed by atoms with Crippen molar-refractivity contribution in [3.8, 4) is 11.5 Å². The lowest BCUT2D eigenvalue weighted by Gasteiger charge is -2.07. The Labute approximate surface area is 111 Å². The number of aromatic nitrogens is 1. The predicted molar refractivity (Wildman–Crippen MR) is 75.7 cm³/mol. The molecule has 0 saturated heterocycles. The molecule has 1 N–H and O–H groups in total. The third-order valence-electron chi connectivity index (χ3n) is 3.24. The van der Waals surface area contributed by atoms with Crippen LogP contribution in [0.2, 0.25) is 0 Å². The maximum Gasteiger partial charge on any atom is 0.119 e. The standard InChI is InChI=1S/C16H15NO2/c1-19-15-5-6-16-13(10-15)7-8-17(16)11-12-3-2-4-14(18)9-12/h2-10,18H,11H2,1H3. The Balaban J connectivity index is 1.97. The van der Waals surface area contributed by atoms with Crippen molar-refractivity contribution >= 4 is 10.9 Å². The van der Waals surface area contributed by atoms with Gasteiger partial charge >= 0.3 is 0 Å². The molecule has 0 fully saturated rings. The van der Waals surface area contributed by atoms with Crippen LogP contribution in [0.1, 0.15) is 5.56 Å². The van der Waals surface area contributed by atoms with Crippen LogP contribution in [0.15, 0.2) is 54.7 Å². The molecule has 3 aromatic rings. The molecular formula is C16H15NO2. The molecule has 3 rings (SSSR count). The zero-order valence-corrected chi connectivity index (χ0v) is 10.7. The smallest absolute Gasteiger partial charge is 0.119 e. The van der Waals surface area contributed by atoms with Gasteiger partial charge in [0, 0.05) is 23.6 Å². The van der Waals surface area contributed by atoms with E-state index in [1.807, 2.05) is 30.5 Å². The molecule has 0 aliphatic rings. The van der Waals surface area contributed by atoms with Crippen molar-refractivity contribution in [1.29, 1.82) is 0 Å². The molecule has 0 spiro atoms. The number of benzene rings is 2. The van der Waals surface area contributed by atoms with Crippen LogP contribution in [-0.4, -0.2) is 16.8 Å². The summed E-state index contributed by atoms with van der Waals surface area (Å²) in [4.78, 5) is 0. The van der Waals surface area contributed by atoms with Gasteiger partial charge in [-0.05, 0) is 42.0 Å². The largest absolute Gasteiger partial charge is 0.508 e. The fraction of sp³-hybridized carbons (Fsp3) is 0.125. The first-order chi connectivity index (χ1) is 9.26. The van der Waals surface area contributed by atoms with E-state index in [4.69, 9.17) is 4.74 Å². The first-order valence-electron chi connectivity index (χ1n) is 6.17. The van der Waals surface area contributed by atoms with E-state index in [-0.39, 0.29) is 0 Å². The Morgan fingerprint density at radius 1 is 1.11 bits per heavy atom. The molecule has 0 bridgehead atoms. The van der Waals surface area contributed by atoms with E-state index in [9.17, 15) is 5.11 Å². The minimum atomic E-state index is 0.302. The fourth-order valence-electron chi connectivity index (χ4n) is 2.29. The number of hydrogen-bond donors (Lipinski definition) is 1.